The zero-order chi connectivity index (χ0) is 34.1. The number of hydrogen-bond acceptors (Lipinski definition) is 10. The SMILES string of the molecule is CCC(O)C(C)C1OC1CC(C)(O)/C=C/C=C(\C)C1OC(O)CCCCC(C)(O)C(OC(=O)CN2CCN(CC)CC2)/C=C/C1C. The van der Waals surface area contributed by atoms with Crippen molar-refractivity contribution in [3.63, 3.8) is 0 Å². The van der Waals surface area contributed by atoms with Gasteiger partial charge in [-0.05, 0) is 64.6 Å². The molecule has 264 valence electrons. The maximum atomic E-state index is 13.0. The molecule has 2 fully saturated rings. The van der Waals surface area contributed by atoms with Gasteiger partial charge < -0.3 is 39.5 Å². The van der Waals surface area contributed by atoms with Gasteiger partial charge in [0.25, 0.3) is 0 Å². The Morgan fingerprint density at radius 2 is 1.83 bits per heavy atom. The Bertz CT molecular complexity index is 1040. The van der Waals surface area contributed by atoms with Crippen LogP contribution in [0.15, 0.2) is 36.0 Å². The van der Waals surface area contributed by atoms with Crippen LogP contribution in [0.1, 0.15) is 87.0 Å². The molecular weight excluding hydrogens is 588 g/mol. The summed E-state index contributed by atoms with van der Waals surface area (Å²) in [5.41, 5.74) is -1.51. The minimum atomic E-state index is -1.26. The molecule has 10 nitrogen and oxygen atoms in total. The summed E-state index contributed by atoms with van der Waals surface area (Å²) in [6.45, 7) is 18.1. The topological polar surface area (TPSA) is 135 Å². The number of aliphatic hydroxyl groups is 4. The van der Waals surface area contributed by atoms with Gasteiger partial charge in [-0.3, -0.25) is 9.69 Å². The van der Waals surface area contributed by atoms with Crippen molar-refractivity contribution in [2.45, 2.75) is 135 Å². The fourth-order valence-corrected chi connectivity index (χ4v) is 6.55. The third-order valence-corrected chi connectivity index (χ3v) is 9.93. The van der Waals surface area contributed by atoms with Crippen LogP contribution in [0.3, 0.4) is 0 Å². The first kappa shape index (κ1) is 38.8. The van der Waals surface area contributed by atoms with Crippen molar-refractivity contribution >= 4 is 5.97 Å². The predicted octanol–water partition coefficient (Wildman–Crippen LogP) is 3.57. The van der Waals surface area contributed by atoms with E-state index in [0.29, 0.717) is 38.5 Å². The molecule has 10 atom stereocenters. The van der Waals surface area contributed by atoms with Crippen molar-refractivity contribution < 1.29 is 39.4 Å². The van der Waals surface area contributed by atoms with E-state index in [1.54, 1.807) is 32.1 Å². The zero-order valence-electron chi connectivity index (χ0n) is 29.3. The molecule has 3 aliphatic rings. The quantitative estimate of drug-likeness (QED) is 0.107. The number of epoxide rings is 1. The molecule has 3 aliphatic heterocycles. The largest absolute Gasteiger partial charge is 0.454 e. The van der Waals surface area contributed by atoms with Crippen molar-refractivity contribution in [1.29, 1.82) is 0 Å². The number of piperazine rings is 1. The Morgan fingerprint density at radius 1 is 1.15 bits per heavy atom. The first-order valence-corrected chi connectivity index (χ1v) is 17.5. The summed E-state index contributed by atoms with van der Waals surface area (Å²) < 4.78 is 17.8. The Hall–Kier alpha value is -1.63. The number of aliphatic hydroxyl groups excluding tert-OH is 2. The van der Waals surface area contributed by atoms with Crippen LogP contribution in [0.5, 0.6) is 0 Å². The number of esters is 1. The van der Waals surface area contributed by atoms with Gasteiger partial charge in [-0.2, -0.15) is 0 Å². The highest BCUT2D eigenvalue weighted by Crippen LogP contribution is 2.37. The van der Waals surface area contributed by atoms with E-state index in [-0.39, 0.29) is 36.6 Å². The van der Waals surface area contributed by atoms with Gasteiger partial charge in [-0.25, -0.2) is 0 Å². The maximum Gasteiger partial charge on any atom is 0.320 e. The third kappa shape index (κ3) is 12.1. The molecule has 46 heavy (non-hydrogen) atoms. The molecule has 2 saturated heterocycles. The highest BCUT2D eigenvalue weighted by atomic mass is 16.6. The van der Waals surface area contributed by atoms with Gasteiger partial charge in [-0.1, -0.05) is 58.4 Å². The lowest BCUT2D eigenvalue weighted by Gasteiger charge is -2.35. The van der Waals surface area contributed by atoms with Crippen LogP contribution in [-0.4, -0.2) is 123 Å². The molecule has 0 aromatic carbocycles. The molecule has 3 heterocycles. The van der Waals surface area contributed by atoms with Crippen LogP contribution >= 0.6 is 0 Å². The van der Waals surface area contributed by atoms with Crippen LogP contribution in [0, 0.1) is 11.8 Å². The molecule has 0 aliphatic carbocycles. The van der Waals surface area contributed by atoms with Crippen LogP contribution in [0.25, 0.3) is 0 Å². The number of hydrogen-bond donors (Lipinski definition) is 4. The second kappa shape index (κ2) is 17.7. The van der Waals surface area contributed by atoms with Crippen molar-refractivity contribution in [1.82, 2.24) is 9.80 Å². The Kier molecular flexibility index (Phi) is 14.9. The molecule has 0 aromatic heterocycles. The van der Waals surface area contributed by atoms with Gasteiger partial charge in [-0.15, -0.1) is 0 Å². The highest BCUT2D eigenvalue weighted by Gasteiger charge is 2.47. The van der Waals surface area contributed by atoms with E-state index in [9.17, 15) is 25.2 Å². The van der Waals surface area contributed by atoms with E-state index in [4.69, 9.17) is 14.2 Å². The van der Waals surface area contributed by atoms with Crippen molar-refractivity contribution in [2.75, 3.05) is 39.3 Å². The van der Waals surface area contributed by atoms with Gasteiger partial charge in [0.1, 0.15) is 11.7 Å². The molecule has 0 saturated carbocycles. The van der Waals surface area contributed by atoms with Gasteiger partial charge >= 0.3 is 5.97 Å². The molecule has 0 aromatic rings. The van der Waals surface area contributed by atoms with Crippen LogP contribution in [0.4, 0.5) is 0 Å². The lowest BCUT2D eigenvalue weighted by atomic mass is 9.89. The zero-order valence-corrected chi connectivity index (χ0v) is 29.3. The number of allylic oxidation sites excluding steroid dienone is 2. The molecule has 0 amide bonds. The van der Waals surface area contributed by atoms with Gasteiger partial charge in [0.2, 0.25) is 0 Å². The minimum absolute atomic E-state index is 0.0182. The Balaban J connectivity index is 1.68. The monoisotopic (exact) mass is 650 g/mol. The number of likely N-dealkylation sites (N-methyl/N-ethyl adjacent to an activating group) is 1. The second-order valence-electron chi connectivity index (χ2n) is 14.3. The molecule has 3 rings (SSSR count). The third-order valence-electron chi connectivity index (χ3n) is 9.93. The molecular formula is C36H62N2O8. The second-order valence-corrected chi connectivity index (χ2v) is 14.3. The lowest BCUT2D eigenvalue weighted by Crippen LogP contribution is -2.49. The smallest absolute Gasteiger partial charge is 0.320 e. The van der Waals surface area contributed by atoms with E-state index in [1.807, 2.05) is 39.8 Å². The number of carbonyl (C=O) groups is 1. The number of carbonyl (C=O) groups excluding carboxylic acids is 1. The van der Waals surface area contributed by atoms with E-state index in [1.165, 1.54) is 0 Å². The molecule has 0 bridgehead atoms. The summed E-state index contributed by atoms with van der Waals surface area (Å²) in [5.74, 6) is -0.551. The van der Waals surface area contributed by atoms with E-state index in [0.717, 1.165) is 38.3 Å². The average molecular weight is 651 g/mol. The van der Waals surface area contributed by atoms with Gasteiger partial charge in [0, 0.05) is 44.4 Å². The number of ether oxygens (including phenoxy) is 3. The van der Waals surface area contributed by atoms with Crippen molar-refractivity contribution in [3.8, 4) is 0 Å². The van der Waals surface area contributed by atoms with E-state index in [2.05, 4.69) is 16.7 Å². The summed E-state index contributed by atoms with van der Waals surface area (Å²) in [6, 6.07) is 0. The summed E-state index contributed by atoms with van der Waals surface area (Å²) in [4.78, 5) is 17.5. The van der Waals surface area contributed by atoms with E-state index < -0.39 is 35.8 Å². The fraction of sp³-hybridized carbons (Fsp3) is 0.806. The highest BCUT2D eigenvalue weighted by molar-refractivity contribution is 5.72. The Morgan fingerprint density at radius 3 is 2.48 bits per heavy atom. The summed E-state index contributed by atoms with van der Waals surface area (Å²) in [6.07, 6.45) is 9.45. The predicted molar refractivity (Wildman–Crippen MR) is 179 cm³/mol. The average Bonchev–Trinajstić information content (AvgIpc) is 3.76. The summed E-state index contributed by atoms with van der Waals surface area (Å²) in [5, 5.41) is 43.3. The molecule has 0 radical (unpaired) electrons. The number of nitrogens with zero attached hydrogens (tertiary/aromatic N) is 2. The first-order chi connectivity index (χ1) is 21.7. The molecule has 10 unspecified atom stereocenters. The van der Waals surface area contributed by atoms with Gasteiger partial charge in [0.05, 0.1) is 36.6 Å². The van der Waals surface area contributed by atoms with Crippen LogP contribution in [-0.2, 0) is 19.0 Å². The molecule has 10 heteroatoms. The maximum absolute atomic E-state index is 13.0. The lowest BCUT2D eigenvalue weighted by molar-refractivity contribution is -0.161. The minimum Gasteiger partial charge on any atom is -0.454 e. The fourth-order valence-electron chi connectivity index (χ4n) is 6.55. The molecule has 0 spiro atoms. The summed E-state index contributed by atoms with van der Waals surface area (Å²) >= 11 is 0. The molecule has 4 N–H and O–H groups in total. The number of rotatable bonds is 12. The summed E-state index contributed by atoms with van der Waals surface area (Å²) in [7, 11) is 0. The van der Waals surface area contributed by atoms with E-state index >= 15 is 0 Å². The van der Waals surface area contributed by atoms with Crippen molar-refractivity contribution in [3.05, 3.63) is 36.0 Å². The van der Waals surface area contributed by atoms with Crippen molar-refractivity contribution in [2.24, 2.45) is 11.8 Å². The van der Waals surface area contributed by atoms with Gasteiger partial charge in [0.15, 0.2) is 6.29 Å². The Labute approximate surface area is 277 Å². The normalized spacial score (nSPS) is 35.8. The standard InChI is InChI=1S/C36H62N2O8/c1-8-28(39)27(5)34-29(44-34)23-35(6,42)17-12-13-25(3)33-26(4)15-16-30(36(7,43)18-11-10-14-31(40)46-33)45-32(41)24-38-21-19-37(9-2)20-22-38/h12-13,15-17,26-31,33-34,39-40,42-43H,8-11,14,18-24H2,1-7H3/b16-15+,17-12+,25-13+. The van der Waals surface area contributed by atoms with Crippen LogP contribution in [0.2, 0.25) is 0 Å². The first-order valence-electron chi connectivity index (χ1n) is 17.5. The van der Waals surface area contributed by atoms with Crippen LogP contribution < -0.4 is 0 Å².